The van der Waals surface area contributed by atoms with E-state index in [1.165, 1.54) is 0 Å². The van der Waals surface area contributed by atoms with E-state index in [1.54, 1.807) is 0 Å². The Bertz CT molecular complexity index is 1750. The molecule has 0 amide bonds. The summed E-state index contributed by atoms with van der Waals surface area (Å²) in [5, 5.41) is 94.3. The molecule has 0 aromatic heterocycles. The highest BCUT2D eigenvalue weighted by atomic mass is 16.8. The summed E-state index contributed by atoms with van der Waals surface area (Å²) in [4.78, 5) is 51.4. The van der Waals surface area contributed by atoms with Crippen molar-refractivity contribution in [3.05, 3.63) is 11.6 Å². The Kier molecular flexibility index (Phi) is 11.1. The van der Waals surface area contributed by atoms with Gasteiger partial charge >= 0.3 is 17.9 Å². The average molecular weight is 839 g/mol. The second-order valence-electron chi connectivity index (χ2n) is 20.5. The third-order valence-corrected chi connectivity index (χ3v) is 17.4. The Hall–Kier alpha value is -2.58. The number of aliphatic carboxylic acids is 3. The van der Waals surface area contributed by atoms with E-state index in [9.17, 15) is 65.1 Å². The standard InChI is InChI=1S/C42H62O17/c1-37-11-12-38(2,36(54)55)16-19(37)18-15-20(44)31-39(3)9-8-22(40(4,17-43)21(39)7-10-42(31,6)41(18,5)14-13-37)56-35-30(26(48)25(47)29(58-35)33(52)53)59-34-27(49)23(45)24(46)28(57-34)32(50)51/h15,19,21-31,34-35,43,45-49H,7-14,16-17H2,1-6H3,(H,50,51)(H,52,53)(H,54,55)/t19-,21+,22+,23+,24+,25+,26+,27-,28+,29+,30-,31-,34+,35-,37-,38+,39+,40-,41-,42-/m1/s1. The van der Waals surface area contributed by atoms with Crippen molar-refractivity contribution in [2.45, 2.75) is 167 Å². The van der Waals surface area contributed by atoms with E-state index in [1.807, 2.05) is 19.9 Å². The molecule has 20 atom stereocenters. The Labute approximate surface area is 342 Å². The minimum absolute atomic E-state index is 0.0119. The Balaban J connectivity index is 1.19. The zero-order valence-electron chi connectivity index (χ0n) is 34.5. The summed E-state index contributed by atoms with van der Waals surface area (Å²) in [6.45, 7) is 12.0. The lowest BCUT2D eigenvalue weighted by molar-refractivity contribution is -0.372. The van der Waals surface area contributed by atoms with Gasteiger partial charge in [0.1, 0.15) is 36.6 Å². The highest BCUT2D eigenvalue weighted by molar-refractivity contribution is 5.95. The number of carbonyl (C=O) groups is 4. The minimum atomic E-state index is -2.10. The van der Waals surface area contributed by atoms with E-state index >= 15 is 0 Å². The zero-order chi connectivity index (χ0) is 43.6. The second kappa shape index (κ2) is 14.8. The molecule has 2 heterocycles. The molecule has 0 unspecified atom stereocenters. The molecule has 59 heavy (non-hydrogen) atoms. The van der Waals surface area contributed by atoms with Crippen LogP contribution >= 0.6 is 0 Å². The van der Waals surface area contributed by atoms with E-state index in [-0.39, 0.29) is 29.5 Å². The molecule has 332 valence electrons. The van der Waals surface area contributed by atoms with Crippen LogP contribution in [0.5, 0.6) is 0 Å². The summed E-state index contributed by atoms with van der Waals surface area (Å²) in [5.74, 6) is -5.02. The molecular weight excluding hydrogens is 776 g/mol. The van der Waals surface area contributed by atoms with Gasteiger partial charge in [0.2, 0.25) is 0 Å². The molecule has 9 N–H and O–H groups in total. The molecule has 0 aromatic carbocycles. The smallest absolute Gasteiger partial charge is 0.335 e. The lowest BCUT2D eigenvalue weighted by Gasteiger charge is -2.70. The van der Waals surface area contributed by atoms with Crippen molar-refractivity contribution in [3.63, 3.8) is 0 Å². The number of carboxylic acid groups (broad SMARTS) is 3. The van der Waals surface area contributed by atoms with E-state index < -0.39 is 125 Å². The van der Waals surface area contributed by atoms with Gasteiger partial charge in [0.15, 0.2) is 30.6 Å². The highest BCUT2D eigenvalue weighted by Gasteiger charge is 2.71. The number of allylic oxidation sites excluding steroid dienone is 2. The molecule has 7 aliphatic rings. The third-order valence-electron chi connectivity index (χ3n) is 17.4. The van der Waals surface area contributed by atoms with E-state index in [0.717, 1.165) is 24.8 Å². The molecule has 6 fully saturated rings. The molecule has 17 heteroatoms. The van der Waals surface area contributed by atoms with Crippen LogP contribution in [0.15, 0.2) is 11.6 Å². The molecule has 4 saturated carbocycles. The molecule has 0 bridgehead atoms. The number of rotatable bonds is 8. The third kappa shape index (κ3) is 6.46. The summed E-state index contributed by atoms with van der Waals surface area (Å²) >= 11 is 0. The number of ketones is 1. The van der Waals surface area contributed by atoms with Gasteiger partial charge in [-0.25, -0.2) is 9.59 Å². The van der Waals surface area contributed by atoms with Crippen molar-refractivity contribution in [1.82, 2.24) is 0 Å². The van der Waals surface area contributed by atoms with Gasteiger partial charge in [-0.3, -0.25) is 9.59 Å². The number of fused-ring (bicyclic) bond motifs is 7. The molecule has 0 aromatic rings. The summed E-state index contributed by atoms with van der Waals surface area (Å²) in [6.07, 6.45) is -13.8. The molecule has 5 aliphatic carbocycles. The largest absolute Gasteiger partial charge is 0.481 e. The van der Waals surface area contributed by atoms with Crippen LogP contribution in [0.1, 0.15) is 99.3 Å². The zero-order valence-corrected chi connectivity index (χ0v) is 34.5. The van der Waals surface area contributed by atoms with Gasteiger partial charge in [0, 0.05) is 11.3 Å². The molecule has 0 radical (unpaired) electrons. The van der Waals surface area contributed by atoms with Crippen LogP contribution in [0.2, 0.25) is 0 Å². The van der Waals surface area contributed by atoms with Crippen LogP contribution in [0.25, 0.3) is 0 Å². The number of aliphatic hydroxyl groups is 6. The summed E-state index contributed by atoms with van der Waals surface area (Å²) in [5.41, 5.74) is -2.63. The first kappa shape index (κ1) is 44.5. The van der Waals surface area contributed by atoms with Gasteiger partial charge in [-0.2, -0.15) is 0 Å². The number of carboxylic acids is 3. The van der Waals surface area contributed by atoms with Gasteiger partial charge in [0.05, 0.1) is 18.1 Å². The van der Waals surface area contributed by atoms with Crippen LogP contribution < -0.4 is 0 Å². The molecular formula is C42H62O17. The quantitative estimate of drug-likeness (QED) is 0.155. The van der Waals surface area contributed by atoms with E-state index in [0.29, 0.717) is 32.1 Å². The second-order valence-corrected chi connectivity index (χ2v) is 20.5. The van der Waals surface area contributed by atoms with Crippen molar-refractivity contribution in [2.24, 2.45) is 50.2 Å². The minimum Gasteiger partial charge on any atom is -0.481 e. The highest BCUT2D eigenvalue weighted by Crippen LogP contribution is 2.75. The first-order valence-electron chi connectivity index (χ1n) is 20.9. The monoisotopic (exact) mass is 838 g/mol. The lowest BCUT2D eigenvalue weighted by Crippen LogP contribution is -2.69. The van der Waals surface area contributed by atoms with Crippen molar-refractivity contribution in [1.29, 1.82) is 0 Å². The Morgan fingerprint density at radius 1 is 0.729 bits per heavy atom. The van der Waals surface area contributed by atoms with Crippen molar-refractivity contribution in [3.8, 4) is 0 Å². The molecule has 7 rings (SSSR count). The SMILES string of the molecule is C[C@]1(C(=O)O)CC[C@]2(C)CC[C@]3(C)C(=CC(=O)[C@@H]4[C@@]5(C)CC[C@H](O[C@@H]6O[C@H](C(=O)O)[C@@H](O)[C@H](O)[C@H]6O[C@@H]6O[C@H](C(=O)O)[C@@H](O)[C@H](O)[C@H]6O)[C@](C)(CO)[C@H]5CC[C@]43C)[C@H]2C1. The van der Waals surface area contributed by atoms with Gasteiger partial charge in [-0.1, -0.05) is 40.2 Å². The Morgan fingerprint density at radius 3 is 1.92 bits per heavy atom. The fourth-order valence-corrected chi connectivity index (χ4v) is 13.4. The fraction of sp³-hybridized carbons (Fsp3) is 0.857. The number of hydrogen-bond acceptors (Lipinski definition) is 14. The van der Waals surface area contributed by atoms with Crippen LogP contribution in [0.4, 0.5) is 0 Å². The molecule has 0 spiro atoms. The van der Waals surface area contributed by atoms with Crippen molar-refractivity contribution >= 4 is 23.7 Å². The van der Waals surface area contributed by atoms with Crippen LogP contribution in [0, 0.1) is 50.2 Å². The summed E-state index contributed by atoms with van der Waals surface area (Å²) in [6, 6.07) is 0. The van der Waals surface area contributed by atoms with Crippen molar-refractivity contribution in [2.75, 3.05) is 6.61 Å². The van der Waals surface area contributed by atoms with Crippen molar-refractivity contribution < 1.29 is 84.1 Å². The van der Waals surface area contributed by atoms with Gasteiger partial charge < -0.3 is 64.9 Å². The summed E-state index contributed by atoms with van der Waals surface area (Å²) in [7, 11) is 0. The average Bonchev–Trinajstić information content (AvgIpc) is 3.16. The molecule has 2 aliphatic heterocycles. The Morgan fingerprint density at radius 2 is 1.32 bits per heavy atom. The predicted octanol–water partition coefficient (Wildman–Crippen LogP) is 1.22. The fourth-order valence-electron chi connectivity index (χ4n) is 13.4. The number of hydrogen-bond donors (Lipinski definition) is 9. The summed E-state index contributed by atoms with van der Waals surface area (Å²) < 4.78 is 23.2. The van der Waals surface area contributed by atoms with E-state index in [4.69, 9.17) is 18.9 Å². The van der Waals surface area contributed by atoms with Gasteiger partial charge in [-0.05, 0) is 104 Å². The molecule has 2 saturated heterocycles. The van der Waals surface area contributed by atoms with Gasteiger partial charge in [0.25, 0.3) is 0 Å². The maximum Gasteiger partial charge on any atom is 0.335 e. The molecule has 17 nitrogen and oxygen atoms in total. The van der Waals surface area contributed by atoms with E-state index in [2.05, 4.69) is 27.7 Å². The van der Waals surface area contributed by atoms with Crippen LogP contribution in [-0.2, 0) is 38.1 Å². The van der Waals surface area contributed by atoms with Gasteiger partial charge in [-0.15, -0.1) is 0 Å². The number of ether oxygens (including phenoxy) is 4. The number of carbonyl (C=O) groups excluding carboxylic acids is 1. The first-order chi connectivity index (χ1) is 27.3. The number of aliphatic hydroxyl groups excluding tert-OH is 6. The maximum absolute atomic E-state index is 14.9. The topological polar surface area (TPSA) is 287 Å². The van der Waals surface area contributed by atoms with Crippen LogP contribution in [0.3, 0.4) is 0 Å². The maximum atomic E-state index is 14.9. The normalized spacial score (nSPS) is 53.5. The first-order valence-corrected chi connectivity index (χ1v) is 20.9. The van der Waals surface area contributed by atoms with Crippen LogP contribution in [-0.4, -0.2) is 144 Å². The predicted molar refractivity (Wildman–Crippen MR) is 201 cm³/mol. The lowest BCUT2D eigenvalue weighted by atomic mass is 9.33.